The summed E-state index contributed by atoms with van der Waals surface area (Å²) in [4.78, 5) is 0. The second-order valence-electron chi connectivity index (χ2n) is 7.02. The molecule has 1 aromatic rings. The summed E-state index contributed by atoms with van der Waals surface area (Å²) in [6.45, 7) is 1.56. The molecule has 0 fully saturated rings. The van der Waals surface area contributed by atoms with Crippen molar-refractivity contribution in [3.05, 3.63) is 35.4 Å². The maximum Gasteiger partial charge on any atom is 0.00793 e. The Morgan fingerprint density at radius 1 is 0.667 bits per heavy atom. The van der Waals surface area contributed by atoms with Crippen LogP contribution in [0.1, 0.15) is 62.5 Å². The van der Waals surface area contributed by atoms with Gasteiger partial charge in [-0.15, -0.1) is 0 Å². The smallest absolute Gasteiger partial charge is 0.00793 e. The van der Waals surface area contributed by atoms with Gasteiger partial charge in [-0.25, -0.2) is 0 Å². The van der Waals surface area contributed by atoms with Gasteiger partial charge in [0.25, 0.3) is 0 Å². The molecule has 0 aliphatic rings. The highest BCUT2D eigenvalue weighted by Gasteiger charge is 2.07. The highest BCUT2D eigenvalue weighted by atomic mass is 14.6. The molecular formula is C20H38N4. The minimum Gasteiger partial charge on any atom is -0.330 e. The Morgan fingerprint density at radius 3 is 1.54 bits per heavy atom. The molecule has 0 radical (unpaired) electrons. The Balaban J connectivity index is 2.34. The average molecular weight is 335 g/mol. The van der Waals surface area contributed by atoms with E-state index in [0.717, 1.165) is 51.6 Å². The zero-order valence-electron chi connectivity index (χ0n) is 15.3. The Bertz CT molecular complexity index is 387. The minimum atomic E-state index is 0.239. The second-order valence-corrected chi connectivity index (χ2v) is 7.02. The maximum absolute atomic E-state index is 6.27. The monoisotopic (exact) mass is 334 g/mol. The molecule has 2 unspecified atom stereocenters. The molecular weight excluding hydrogens is 296 g/mol. The SMILES string of the molecule is NCCCCCC(N)Cc1cccc(CC(N)CCCCCN)c1. The van der Waals surface area contributed by atoms with E-state index in [4.69, 9.17) is 22.9 Å². The number of hydrogen-bond acceptors (Lipinski definition) is 4. The van der Waals surface area contributed by atoms with Gasteiger partial charge in [-0.1, -0.05) is 49.9 Å². The van der Waals surface area contributed by atoms with E-state index in [2.05, 4.69) is 24.3 Å². The van der Waals surface area contributed by atoms with Gasteiger partial charge in [-0.2, -0.15) is 0 Å². The summed E-state index contributed by atoms with van der Waals surface area (Å²) in [6, 6.07) is 9.24. The van der Waals surface area contributed by atoms with Crippen LogP contribution in [0.2, 0.25) is 0 Å². The van der Waals surface area contributed by atoms with Crippen LogP contribution in [0.15, 0.2) is 24.3 Å². The highest BCUT2D eigenvalue weighted by Crippen LogP contribution is 2.13. The molecule has 1 aromatic carbocycles. The molecule has 0 heterocycles. The van der Waals surface area contributed by atoms with Gasteiger partial charge in [0.05, 0.1) is 0 Å². The molecule has 138 valence electrons. The lowest BCUT2D eigenvalue weighted by Gasteiger charge is -2.14. The molecule has 0 saturated heterocycles. The molecule has 8 N–H and O–H groups in total. The standard InChI is InChI=1S/C20H38N4/c21-12-5-1-3-10-19(23)15-17-8-7-9-18(14-17)16-20(24)11-4-2-6-13-22/h7-9,14,19-20H,1-6,10-13,15-16,21-24H2. The van der Waals surface area contributed by atoms with Gasteiger partial charge in [0, 0.05) is 12.1 Å². The highest BCUT2D eigenvalue weighted by molar-refractivity contribution is 5.25. The lowest BCUT2D eigenvalue weighted by atomic mass is 9.96. The van der Waals surface area contributed by atoms with Crippen molar-refractivity contribution in [2.75, 3.05) is 13.1 Å². The molecule has 4 nitrogen and oxygen atoms in total. The molecule has 0 aromatic heterocycles. The lowest BCUT2D eigenvalue weighted by Crippen LogP contribution is -2.24. The summed E-state index contributed by atoms with van der Waals surface area (Å²) in [5.74, 6) is 0. The van der Waals surface area contributed by atoms with Gasteiger partial charge in [0.2, 0.25) is 0 Å². The first kappa shape index (κ1) is 21.1. The Hall–Kier alpha value is -0.940. The predicted octanol–water partition coefficient (Wildman–Crippen LogP) is 2.46. The van der Waals surface area contributed by atoms with E-state index in [-0.39, 0.29) is 12.1 Å². The maximum atomic E-state index is 6.27. The van der Waals surface area contributed by atoms with Crippen molar-refractivity contribution in [2.45, 2.75) is 76.3 Å². The van der Waals surface area contributed by atoms with Crippen molar-refractivity contribution >= 4 is 0 Å². The van der Waals surface area contributed by atoms with E-state index >= 15 is 0 Å². The number of benzene rings is 1. The van der Waals surface area contributed by atoms with Crippen LogP contribution in [0.5, 0.6) is 0 Å². The van der Waals surface area contributed by atoms with E-state index in [0.29, 0.717) is 0 Å². The van der Waals surface area contributed by atoms with E-state index in [9.17, 15) is 0 Å². The predicted molar refractivity (Wildman–Crippen MR) is 105 cm³/mol. The number of hydrogen-bond donors (Lipinski definition) is 4. The Labute approximate surface area is 148 Å². The van der Waals surface area contributed by atoms with Crippen LogP contribution in [0.25, 0.3) is 0 Å². The van der Waals surface area contributed by atoms with E-state index in [1.165, 1.54) is 36.8 Å². The summed E-state index contributed by atoms with van der Waals surface area (Å²) >= 11 is 0. The first-order valence-corrected chi connectivity index (χ1v) is 9.64. The average Bonchev–Trinajstić information content (AvgIpc) is 2.56. The van der Waals surface area contributed by atoms with Crippen LogP contribution in [-0.2, 0) is 12.8 Å². The van der Waals surface area contributed by atoms with Crippen molar-refractivity contribution < 1.29 is 0 Å². The van der Waals surface area contributed by atoms with Crippen LogP contribution >= 0.6 is 0 Å². The van der Waals surface area contributed by atoms with Crippen LogP contribution in [0, 0.1) is 0 Å². The summed E-state index contributed by atoms with van der Waals surface area (Å²) < 4.78 is 0. The van der Waals surface area contributed by atoms with Crippen molar-refractivity contribution in [1.82, 2.24) is 0 Å². The first-order chi connectivity index (χ1) is 11.7. The second kappa shape index (κ2) is 13.4. The summed E-state index contributed by atoms with van der Waals surface area (Å²) in [6.07, 6.45) is 11.0. The minimum absolute atomic E-state index is 0.239. The number of nitrogens with two attached hydrogens (primary N) is 4. The van der Waals surface area contributed by atoms with Crippen molar-refractivity contribution in [3.63, 3.8) is 0 Å². The van der Waals surface area contributed by atoms with E-state index in [1.54, 1.807) is 0 Å². The molecule has 0 amide bonds. The van der Waals surface area contributed by atoms with Gasteiger partial charge < -0.3 is 22.9 Å². The molecule has 0 aliphatic heterocycles. The third-order valence-electron chi connectivity index (χ3n) is 4.55. The van der Waals surface area contributed by atoms with Gasteiger partial charge in [-0.05, 0) is 62.7 Å². The van der Waals surface area contributed by atoms with Crippen LogP contribution in [0.4, 0.5) is 0 Å². The van der Waals surface area contributed by atoms with Crippen molar-refractivity contribution in [3.8, 4) is 0 Å². The van der Waals surface area contributed by atoms with E-state index < -0.39 is 0 Å². The summed E-state index contributed by atoms with van der Waals surface area (Å²) in [5, 5.41) is 0. The van der Waals surface area contributed by atoms with Crippen molar-refractivity contribution in [2.24, 2.45) is 22.9 Å². The molecule has 0 bridgehead atoms. The van der Waals surface area contributed by atoms with Crippen molar-refractivity contribution in [1.29, 1.82) is 0 Å². The third-order valence-corrected chi connectivity index (χ3v) is 4.55. The normalized spacial score (nSPS) is 13.8. The zero-order valence-corrected chi connectivity index (χ0v) is 15.3. The molecule has 2 atom stereocenters. The molecule has 0 saturated carbocycles. The van der Waals surface area contributed by atoms with Crippen LogP contribution in [-0.4, -0.2) is 25.2 Å². The fraction of sp³-hybridized carbons (Fsp3) is 0.700. The van der Waals surface area contributed by atoms with Crippen LogP contribution in [0.3, 0.4) is 0 Å². The Kier molecular flexibility index (Phi) is 11.7. The zero-order chi connectivity index (χ0) is 17.6. The molecule has 0 spiro atoms. The fourth-order valence-corrected chi connectivity index (χ4v) is 3.15. The molecule has 24 heavy (non-hydrogen) atoms. The van der Waals surface area contributed by atoms with Gasteiger partial charge in [0.1, 0.15) is 0 Å². The third kappa shape index (κ3) is 10.0. The molecule has 4 heteroatoms. The molecule has 0 aliphatic carbocycles. The Morgan fingerprint density at radius 2 is 1.12 bits per heavy atom. The number of rotatable bonds is 14. The number of unbranched alkanes of at least 4 members (excludes halogenated alkanes) is 4. The molecule has 1 rings (SSSR count). The van der Waals surface area contributed by atoms with Gasteiger partial charge >= 0.3 is 0 Å². The summed E-state index contributed by atoms with van der Waals surface area (Å²) in [5.41, 5.74) is 26.2. The fourth-order valence-electron chi connectivity index (χ4n) is 3.15. The van der Waals surface area contributed by atoms with Gasteiger partial charge in [0.15, 0.2) is 0 Å². The van der Waals surface area contributed by atoms with Crippen LogP contribution < -0.4 is 22.9 Å². The quantitative estimate of drug-likeness (QED) is 0.392. The first-order valence-electron chi connectivity index (χ1n) is 9.64. The van der Waals surface area contributed by atoms with E-state index in [1.807, 2.05) is 0 Å². The summed E-state index contributed by atoms with van der Waals surface area (Å²) in [7, 11) is 0. The van der Waals surface area contributed by atoms with Gasteiger partial charge in [-0.3, -0.25) is 0 Å². The largest absolute Gasteiger partial charge is 0.330 e. The lowest BCUT2D eigenvalue weighted by molar-refractivity contribution is 0.547. The topological polar surface area (TPSA) is 104 Å².